The molecule has 0 amide bonds. The van der Waals surface area contributed by atoms with E-state index in [4.69, 9.17) is 10.5 Å². The molecule has 5 heteroatoms. The summed E-state index contributed by atoms with van der Waals surface area (Å²) < 4.78 is 5.09. The summed E-state index contributed by atoms with van der Waals surface area (Å²) in [5, 5.41) is 0. The highest BCUT2D eigenvalue weighted by molar-refractivity contribution is 5.62. The van der Waals surface area contributed by atoms with Crippen molar-refractivity contribution in [3.63, 3.8) is 0 Å². The van der Waals surface area contributed by atoms with Crippen LogP contribution in [0.3, 0.4) is 0 Å². The topological polar surface area (TPSA) is 64.3 Å². The zero-order chi connectivity index (χ0) is 17.2. The van der Waals surface area contributed by atoms with E-state index in [1.54, 1.807) is 13.3 Å². The number of rotatable bonds is 4. The molecule has 0 aromatic carbocycles. The van der Waals surface area contributed by atoms with E-state index < -0.39 is 5.54 Å². The Kier molecular flexibility index (Phi) is 4.36. The van der Waals surface area contributed by atoms with Gasteiger partial charge in [-0.2, -0.15) is 0 Å². The largest absolute Gasteiger partial charge is 0.481 e. The van der Waals surface area contributed by atoms with Crippen molar-refractivity contribution in [2.75, 3.05) is 21.2 Å². The first-order valence-corrected chi connectivity index (χ1v) is 7.83. The van der Waals surface area contributed by atoms with E-state index in [9.17, 15) is 0 Å². The van der Waals surface area contributed by atoms with Crippen molar-refractivity contribution in [1.82, 2.24) is 14.9 Å². The number of hydrogen-bond donors (Lipinski definition) is 1. The van der Waals surface area contributed by atoms with Gasteiger partial charge in [0.25, 0.3) is 0 Å². The molecule has 0 saturated carbocycles. The molecule has 0 spiro atoms. The third kappa shape index (κ3) is 3.16. The van der Waals surface area contributed by atoms with Crippen molar-refractivity contribution in [2.45, 2.75) is 12.0 Å². The molecule has 0 aliphatic heterocycles. The Labute approximate surface area is 142 Å². The maximum atomic E-state index is 6.59. The number of aromatic nitrogens is 2. The molecule has 1 aliphatic rings. The van der Waals surface area contributed by atoms with Crippen LogP contribution in [0.1, 0.15) is 12.1 Å². The lowest BCUT2D eigenvalue weighted by Gasteiger charge is -2.32. The summed E-state index contributed by atoms with van der Waals surface area (Å²) in [5.41, 5.74) is 10.0. The van der Waals surface area contributed by atoms with Gasteiger partial charge in [0.05, 0.1) is 18.3 Å². The van der Waals surface area contributed by atoms with Crippen LogP contribution in [0.15, 0.2) is 60.6 Å². The van der Waals surface area contributed by atoms with Crippen molar-refractivity contribution < 1.29 is 4.74 Å². The summed E-state index contributed by atoms with van der Waals surface area (Å²) in [6.45, 7) is 0. The smallest absolute Gasteiger partial charge is 0.212 e. The molecule has 1 aliphatic carbocycles. The van der Waals surface area contributed by atoms with E-state index in [2.05, 4.69) is 20.9 Å². The summed E-state index contributed by atoms with van der Waals surface area (Å²) in [6.07, 6.45) is 10.4. The number of ether oxygens (including phenoxy) is 1. The van der Waals surface area contributed by atoms with Gasteiger partial charge < -0.3 is 15.4 Å². The van der Waals surface area contributed by atoms with Gasteiger partial charge in [-0.3, -0.25) is 4.98 Å². The summed E-state index contributed by atoms with van der Waals surface area (Å²) in [6, 6.07) is 7.82. The highest BCUT2D eigenvalue weighted by Crippen LogP contribution is 2.31. The monoisotopic (exact) mass is 322 g/mol. The number of nitrogens with two attached hydrogens (primary N) is 1. The van der Waals surface area contributed by atoms with Gasteiger partial charge in [-0.15, -0.1) is 0 Å². The molecular weight excluding hydrogens is 300 g/mol. The summed E-state index contributed by atoms with van der Waals surface area (Å²) in [7, 11) is 5.66. The first-order valence-electron chi connectivity index (χ1n) is 7.83. The van der Waals surface area contributed by atoms with Crippen LogP contribution in [-0.4, -0.2) is 36.1 Å². The van der Waals surface area contributed by atoms with Gasteiger partial charge in [-0.05, 0) is 18.2 Å². The lowest BCUT2D eigenvalue weighted by Crippen LogP contribution is -2.38. The predicted molar refractivity (Wildman–Crippen MR) is 95.4 cm³/mol. The predicted octanol–water partition coefficient (Wildman–Crippen LogP) is 2.71. The summed E-state index contributed by atoms with van der Waals surface area (Å²) in [4.78, 5) is 10.9. The minimum absolute atomic E-state index is 0.578. The van der Waals surface area contributed by atoms with E-state index in [-0.39, 0.29) is 0 Å². The zero-order valence-electron chi connectivity index (χ0n) is 14.2. The van der Waals surface area contributed by atoms with Crippen LogP contribution in [0, 0.1) is 0 Å². The molecule has 124 valence electrons. The number of methoxy groups -OCH3 is 1. The molecule has 0 bridgehead atoms. The summed E-state index contributed by atoms with van der Waals surface area (Å²) in [5.74, 6) is 0.597. The van der Waals surface area contributed by atoms with Crippen LogP contribution in [0.5, 0.6) is 5.88 Å². The van der Waals surface area contributed by atoms with E-state index >= 15 is 0 Å². The van der Waals surface area contributed by atoms with Crippen LogP contribution >= 0.6 is 0 Å². The molecule has 2 heterocycles. The lowest BCUT2D eigenvalue weighted by atomic mass is 9.86. The number of nitrogens with zero attached hydrogens (tertiary/aromatic N) is 3. The van der Waals surface area contributed by atoms with E-state index in [1.165, 1.54) is 5.70 Å². The summed E-state index contributed by atoms with van der Waals surface area (Å²) >= 11 is 0. The Morgan fingerprint density at radius 1 is 1.08 bits per heavy atom. The molecule has 0 fully saturated rings. The van der Waals surface area contributed by atoms with Crippen LogP contribution in [-0.2, 0) is 5.54 Å². The molecular formula is C19H22N4O. The lowest BCUT2D eigenvalue weighted by molar-refractivity contribution is 0.398. The molecule has 3 rings (SSSR count). The number of hydrogen-bond acceptors (Lipinski definition) is 5. The fourth-order valence-electron chi connectivity index (χ4n) is 2.74. The fourth-order valence-corrected chi connectivity index (χ4v) is 2.74. The highest BCUT2D eigenvalue weighted by atomic mass is 16.5. The zero-order valence-corrected chi connectivity index (χ0v) is 14.2. The second kappa shape index (κ2) is 6.45. The average molecular weight is 322 g/mol. The molecule has 5 nitrogen and oxygen atoms in total. The molecule has 24 heavy (non-hydrogen) atoms. The van der Waals surface area contributed by atoms with Gasteiger partial charge in [0.2, 0.25) is 5.88 Å². The van der Waals surface area contributed by atoms with Crippen LogP contribution < -0.4 is 10.5 Å². The van der Waals surface area contributed by atoms with Crippen LogP contribution in [0.4, 0.5) is 0 Å². The van der Waals surface area contributed by atoms with Crippen molar-refractivity contribution in [2.24, 2.45) is 5.73 Å². The van der Waals surface area contributed by atoms with Gasteiger partial charge in [-0.25, -0.2) is 4.98 Å². The maximum absolute atomic E-state index is 6.59. The Hall–Kier alpha value is -2.66. The van der Waals surface area contributed by atoms with Gasteiger partial charge in [0, 0.05) is 55.8 Å². The van der Waals surface area contributed by atoms with Crippen molar-refractivity contribution in [3.8, 4) is 17.0 Å². The second-order valence-electron chi connectivity index (χ2n) is 6.15. The van der Waals surface area contributed by atoms with Crippen molar-refractivity contribution in [3.05, 3.63) is 66.3 Å². The Morgan fingerprint density at radius 2 is 1.79 bits per heavy atom. The number of allylic oxidation sites excluding steroid dienone is 2. The third-order valence-corrected chi connectivity index (χ3v) is 4.25. The van der Waals surface area contributed by atoms with E-state index in [1.807, 2.05) is 56.7 Å². The Morgan fingerprint density at radius 3 is 2.33 bits per heavy atom. The first kappa shape index (κ1) is 16.2. The molecule has 2 aromatic rings. The van der Waals surface area contributed by atoms with E-state index in [0.717, 1.165) is 23.2 Å². The van der Waals surface area contributed by atoms with Crippen molar-refractivity contribution in [1.29, 1.82) is 0 Å². The Bertz CT molecular complexity index is 763. The first-order chi connectivity index (χ1) is 11.5. The molecule has 0 saturated heterocycles. The number of pyridine rings is 2. The van der Waals surface area contributed by atoms with Gasteiger partial charge >= 0.3 is 0 Å². The minimum Gasteiger partial charge on any atom is -0.481 e. The SMILES string of the molecule is COc1ccc(-c2ccc(C3(N)C=CC=C(N(C)C)C3)nc2)cn1. The highest BCUT2D eigenvalue weighted by Gasteiger charge is 2.29. The maximum Gasteiger partial charge on any atom is 0.212 e. The van der Waals surface area contributed by atoms with Gasteiger partial charge in [-0.1, -0.05) is 18.2 Å². The average Bonchev–Trinajstić information content (AvgIpc) is 2.62. The molecule has 0 radical (unpaired) electrons. The third-order valence-electron chi connectivity index (χ3n) is 4.25. The normalized spacial score (nSPS) is 19.8. The molecule has 2 N–H and O–H groups in total. The Balaban J connectivity index is 1.84. The molecule has 2 aromatic heterocycles. The fraction of sp³-hybridized carbons (Fsp3) is 0.263. The van der Waals surface area contributed by atoms with Crippen LogP contribution in [0.2, 0.25) is 0 Å². The van der Waals surface area contributed by atoms with Gasteiger partial charge in [0.15, 0.2) is 0 Å². The minimum atomic E-state index is -0.578. The van der Waals surface area contributed by atoms with E-state index in [0.29, 0.717) is 5.88 Å². The standard InChI is InChI=1S/C19H22N4O/c1-23(2)16-5-4-10-19(20,11-16)17-8-6-14(12-21-17)15-7-9-18(24-3)22-13-15/h4-10,12-13H,11,20H2,1-3H3. The molecule has 1 unspecified atom stereocenters. The quantitative estimate of drug-likeness (QED) is 0.937. The van der Waals surface area contributed by atoms with Gasteiger partial charge in [0.1, 0.15) is 0 Å². The molecule has 1 atom stereocenters. The van der Waals surface area contributed by atoms with Crippen LogP contribution in [0.25, 0.3) is 11.1 Å². The van der Waals surface area contributed by atoms with Crippen molar-refractivity contribution >= 4 is 0 Å². The second-order valence-corrected chi connectivity index (χ2v) is 6.15.